The van der Waals surface area contributed by atoms with Gasteiger partial charge in [-0.1, -0.05) is 30.3 Å². The number of rotatable bonds is 1. The second kappa shape index (κ2) is 3.85. The second-order valence-electron chi connectivity index (χ2n) is 3.55. The minimum absolute atomic E-state index is 0.410. The SMILES string of the molecule is Nc1ncnc2oc(-c3ccccc3)c(Br)c12. The molecule has 3 aromatic rings. The Kier molecular flexibility index (Phi) is 2.33. The summed E-state index contributed by atoms with van der Waals surface area (Å²) in [7, 11) is 0. The summed E-state index contributed by atoms with van der Waals surface area (Å²) < 4.78 is 6.48. The highest BCUT2D eigenvalue weighted by Gasteiger charge is 2.16. The molecule has 0 saturated carbocycles. The minimum Gasteiger partial charge on any atom is -0.436 e. The van der Waals surface area contributed by atoms with Crippen molar-refractivity contribution in [2.24, 2.45) is 0 Å². The van der Waals surface area contributed by atoms with Crippen molar-refractivity contribution in [1.29, 1.82) is 0 Å². The first kappa shape index (κ1) is 10.3. The van der Waals surface area contributed by atoms with Crippen LogP contribution in [-0.2, 0) is 0 Å². The molecule has 0 amide bonds. The Bertz CT molecular complexity index is 679. The molecule has 3 rings (SSSR count). The molecule has 2 N–H and O–H groups in total. The smallest absolute Gasteiger partial charge is 0.233 e. The first-order valence-corrected chi connectivity index (χ1v) is 5.80. The fourth-order valence-corrected chi connectivity index (χ4v) is 2.38. The maximum atomic E-state index is 5.81. The van der Waals surface area contributed by atoms with E-state index >= 15 is 0 Å². The predicted octanol–water partition coefficient (Wildman–Crippen LogP) is 3.23. The fraction of sp³-hybridized carbons (Fsp3) is 0. The Morgan fingerprint density at radius 1 is 1.12 bits per heavy atom. The standard InChI is InChI=1S/C12H8BrN3O/c13-9-8-11(14)15-6-16-12(8)17-10(9)7-4-2-1-3-5-7/h1-6H,(H2,14,15,16). The van der Waals surface area contributed by atoms with Crippen LogP contribution < -0.4 is 5.73 Å². The molecular formula is C12H8BrN3O. The van der Waals surface area contributed by atoms with Crippen LogP contribution in [0.5, 0.6) is 0 Å². The topological polar surface area (TPSA) is 64.9 Å². The van der Waals surface area contributed by atoms with Gasteiger partial charge in [0.15, 0.2) is 5.76 Å². The predicted molar refractivity (Wildman–Crippen MR) is 69.4 cm³/mol. The van der Waals surface area contributed by atoms with Crippen LogP contribution in [0.4, 0.5) is 5.82 Å². The summed E-state index contributed by atoms with van der Waals surface area (Å²) in [4.78, 5) is 8.01. The third-order valence-electron chi connectivity index (χ3n) is 2.50. The lowest BCUT2D eigenvalue weighted by atomic mass is 10.2. The number of anilines is 1. The third-order valence-corrected chi connectivity index (χ3v) is 3.25. The van der Waals surface area contributed by atoms with E-state index in [0.29, 0.717) is 22.7 Å². The highest BCUT2D eigenvalue weighted by Crippen LogP contribution is 2.38. The molecule has 5 heteroatoms. The number of aromatic nitrogens is 2. The fourth-order valence-electron chi connectivity index (χ4n) is 1.70. The van der Waals surface area contributed by atoms with E-state index in [-0.39, 0.29) is 0 Å². The largest absolute Gasteiger partial charge is 0.436 e. The van der Waals surface area contributed by atoms with Gasteiger partial charge in [-0.25, -0.2) is 9.97 Å². The van der Waals surface area contributed by atoms with Crippen molar-refractivity contribution in [3.8, 4) is 11.3 Å². The molecular weight excluding hydrogens is 282 g/mol. The van der Waals surface area contributed by atoms with Gasteiger partial charge in [-0.15, -0.1) is 0 Å². The number of hydrogen-bond acceptors (Lipinski definition) is 4. The average Bonchev–Trinajstić information content (AvgIpc) is 2.69. The molecule has 0 atom stereocenters. The van der Waals surface area contributed by atoms with Crippen LogP contribution in [-0.4, -0.2) is 9.97 Å². The Morgan fingerprint density at radius 3 is 2.59 bits per heavy atom. The van der Waals surface area contributed by atoms with Gasteiger partial charge in [0.2, 0.25) is 5.71 Å². The summed E-state index contributed by atoms with van der Waals surface area (Å²) in [6.07, 6.45) is 1.39. The van der Waals surface area contributed by atoms with E-state index < -0.39 is 0 Å². The molecule has 84 valence electrons. The van der Waals surface area contributed by atoms with Crippen molar-refractivity contribution in [3.05, 3.63) is 41.1 Å². The van der Waals surface area contributed by atoms with Crippen LogP contribution in [0, 0.1) is 0 Å². The van der Waals surface area contributed by atoms with Crippen molar-refractivity contribution >= 4 is 32.8 Å². The van der Waals surface area contributed by atoms with Gasteiger partial charge < -0.3 is 10.2 Å². The Balaban J connectivity index is 2.33. The zero-order valence-corrected chi connectivity index (χ0v) is 10.3. The molecule has 0 radical (unpaired) electrons. The van der Waals surface area contributed by atoms with E-state index in [0.717, 1.165) is 10.0 Å². The zero-order chi connectivity index (χ0) is 11.8. The molecule has 0 aliphatic carbocycles. The zero-order valence-electron chi connectivity index (χ0n) is 8.72. The minimum atomic E-state index is 0.410. The Labute approximate surface area is 106 Å². The van der Waals surface area contributed by atoms with Gasteiger partial charge in [-0.3, -0.25) is 0 Å². The summed E-state index contributed by atoms with van der Waals surface area (Å²) in [5.74, 6) is 1.13. The van der Waals surface area contributed by atoms with E-state index in [1.165, 1.54) is 6.33 Å². The van der Waals surface area contributed by atoms with Crippen molar-refractivity contribution < 1.29 is 4.42 Å². The van der Waals surface area contributed by atoms with Gasteiger partial charge in [0.1, 0.15) is 12.1 Å². The quantitative estimate of drug-likeness (QED) is 0.747. The number of benzene rings is 1. The van der Waals surface area contributed by atoms with Gasteiger partial charge in [0.25, 0.3) is 0 Å². The van der Waals surface area contributed by atoms with Crippen LogP contribution in [0.1, 0.15) is 0 Å². The van der Waals surface area contributed by atoms with E-state index in [1.54, 1.807) is 0 Å². The molecule has 2 heterocycles. The lowest BCUT2D eigenvalue weighted by Crippen LogP contribution is -1.90. The summed E-state index contributed by atoms with van der Waals surface area (Å²) in [6, 6.07) is 9.78. The maximum Gasteiger partial charge on any atom is 0.233 e. The van der Waals surface area contributed by atoms with Crippen molar-refractivity contribution in [2.75, 3.05) is 5.73 Å². The Morgan fingerprint density at radius 2 is 1.88 bits per heavy atom. The maximum absolute atomic E-state index is 5.81. The molecule has 17 heavy (non-hydrogen) atoms. The number of hydrogen-bond donors (Lipinski definition) is 1. The summed E-state index contributed by atoms with van der Waals surface area (Å²) in [5.41, 5.74) is 7.27. The summed E-state index contributed by atoms with van der Waals surface area (Å²) >= 11 is 3.49. The van der Waals surface area contributed by atoms with Gasteiger partial charge in [-0.05, 0) is 15.9 Å². The van der Waals surface area contributed by atoms with Crippen molar-refractivity contribution in [3.63, 3.8) is 0 Å². The van der Waals surface area contributed by atoms with Gasteiger partial charge in [0.05, 0.1) is 9.86 Å². The summed E-state index contributed by atoms with van der Waals surface area (Å²) in [5, 5.41) is 0.714. The van der Waals surface area contributed by atoms with Crippen molar-refractivity contribution in [1.82, 2.24) is 9.97 Å². The molecule has 4 nitrogen and oxygen atoms in total. The number of nitrogens with zero attached hydrogens (tertiary/aromatic N) is 2. The monoisotopic (exact) mass is 289 g/mol. The van der Waals surface area contributed by atoms with E-state index in [4.69, 9.17) is 10.2 Å². The molecule has 1 aromatic carbocycles. The second-order valence-corrected chi connectivity index (χ2v) is 4.34. The lowest BCUT2D eigenvalue weighted by Gasteiger charge is -1.96. The number of furan rings is 1. The van der Waals surface area contributed by atoms with Crippen LogP contribution in [0.15, 0.2) is 45.5 Å². The highest BCUT2D eigenvalue weighted by atomic mass is 79.9. The number of nitrogen functional groups attached to an aromatic ring is 1. The molecule has 0 aliphatic heterocycles. The van der Waals surface area contributed by atoms with Crippen LogP contribution in [0.3, 0.4) is 0 Å². The third kappa shape index (κ3) is 1.59. The molecule has 0 spiro atoms. The average molecular weight is 290 g/mol. The Hall–Kier alpha value is -1.88. The molecule has 0 aliphatic rings. The van der Waals surface area contributed by atoms with E-state index in [1.807, 2.05) is 30.3 Å². The normalized spacial score (nSPS) is 10.9. The molecule has 0 bridgehead atoms. The molecule has 0 fully saturated rings. The lowest BCUT2D eigenvalue weighted by molar-refractivity contribution is 0.616. The van der Waals surface area contributed by atoms with Crippen LogP contribution >= 0.6 is 15.9 Å². The van der Waals surface area contributed by atoms with E-state index in [9.17, 15) is 0 Å². The first-order chi connectivity index (χ1) is 8.27. The molecule has 2 aromatic heterocycles. The van der Waals surface area contributed by atoms with E-state index in [2.05, 4.69) is 25.9 Å². The molecule has 0 unspecified atom stereocenters. The van der Waals surface area contributed by atoms with Crippen molar-refractivity contribution in [2.45, 2.75) is 0 Å². The number of fused-ring (bicyclic) bond motifs is 1. The van der Waals surface area contributed by atoms with Gasteiger partial charge in [-0.2, -0.15) is 0 Å². The number of nitrogens with two attached hydrogens (primary N) is 1. The molecule has 0 saturated heterocycles. The summed E-state index contributed by atoms with van der Waals surface area (Å²) in [6.45, 7) is 0. The van der Waals surface area contributed by atoms with Gasteiger partial charge >= 0.3 is 0 Å². The van der Waals surface area contributed by atoms with Crippen LogP contribution in [0.25, 0.3) is 22.4 Å². The number of halogens is 1. The first-order valence-electron chi connectivity index (χ1n) is 5.01. The van der Waals surface area contributed by atoms with Gasteiger partial charge in [0, 0.05) is 5.56 Å². The highest BCUT2D eigenvalue weighted by molar-refractivity contribution is 9.10. The van der Waals surface area contributed by atoms with Crippen LogP contribution in [0.2, 0.25) is 0 Å².